The monoisotopic (exact) mass is 380 g/mol. The van der Waals surface area contributed by atoms with Gasteiger partial charge in [0.05, 0.1) is 0 Å². The van der Waals surface area contributed by atoms with Crippen molar-refractivity contribution in [2.24, 2.45) is 0 Å². The molecule has 1 aliphatic heterocycles. The molecule has 2 amide bonds. The number of para-hydroxylation sites is 3. The molecule has 0 saturated heterocycles. The molecular formula is C19H19F3N2O3. The van der Waals surface area contributed by atoms with Gasteiger partial charge in [0.25, 0.3) is 0 Å². The smallest absolute Gasteiger partial charge is 0.424 e. The lowest BCUT2D eigenvalue weighted by molar-refractivity contribution is -0.317. The van der Waals surface area contributed by atoms with Gasteiger partial charge in [0.15, 0.2) is 11.5 Å². The van der Waals surface area contributed by atoms with E-state index in [0.29, 0.717) is 12.1 Å². The Labute approximate surface area is 154 Å². The SMILES string of the molecule is CCCCN(C(=O)NC1(C(F)(F)F)Oc2ccccc2O1)c1ccccc1. The van der Waals surface area contributed by atoms with Crippen LogP contribution >= 0.6 is 0 Å². The van der Waals surface area contributed by atoms with Crippen molar-refractivity contribution in [3.8, 4) is 11.5 Å². The quantitative estimate of drug-likeness (QED) is 0.819. The summed E-state index contributed by atoms with van der Waals surface area (Å²) in [6.07, 6.45) is -3.59. The number of hydrogen-bond acceptors (Lipinski definition) is 3. The number of unbranched alkanes of at least 4 members (excludes halogenated alkanes) is 1. The first-order valence-corrected chi connectivity index (χ1v) is 8.55. The van der Waals surface area contributed by atoms with Gasteiger partial charge in [-0.25, -0.2) is 4.79 Å². The number of anilines is 1. The van der Waals surface area contributed by atoms with E-state index in [1.54, 1.807) is 30.3 Å². The number of carbonyl (C=O) groups excluding carboxylic acids is 1. The first kappa shape index (κ1) is 18.9. The number of halogens is 3. The Kier molecular flexibility index (Phi) is 5.16. The lowest BCUT2D eigenvalue weighted by Crippen LogP contribution is -2.66. The van der Waals surface area contributed by atoms with Crippen LogP contribution in [0.15, 0.2) is 54.6 Å². The highest BCUT2D eigenvalue weighted by molar-refractivity contribution is 5.92. The molecule has 0 aliphatic carbocycles. The predicted octanol–water partition coefficient (Wildman–Crippen LogP) is 4.69. The Morgan fingerprint density at radius 2 is 1.59 bits per heavy atom. The van der Waals surface area contributed by atoms with Crippen LogP contribution in [0.1, 0.15) is 19.8 Å². The summed E-state index contributed by atoms with van der Waals surface area (Å²) in [6.45, 7) is 2.19. The van der Waals surface area contributed by atoms with Gasteiger partial charge in [-0.15, -0.1) is 0 Å². The third-order valence-electron chi connectivity index (χ3n) is 4.05. The van der Waals surface area contributed by atoms with Gasteiger partial charge >= 0.3 is 18.1 Å². The van der Waals surface area contributed by atoms with Gasteiger partial charge in [0, 0.05) is 12.2 Å². The third-order valence-corrected chi connectivity index (χ3v) is 4.05. The number of alkyl halides is 3. The molecule has 0 spiro atoms. The summed E-state index contributed by atoms with van der Waals surface area (Å²) >= 11 is 0. The van der Waals surface area contributed by atoms with Gasteiger partial charge < -0.3 is 9.47 Å². The van der Waals surface area contributed by atoms with Crippen LogP contribution in [0.4, 0.5) is 23.7 Å². The molecule has 2 aromatic rings. The molecule has 3 rings (SSSR count). The number of ether oxygens (including phenoxy) is 2. The molecule has 2 aromatic carbocycles. The highest BCUT2D eigenvalue weighted by atomic mass is 19.4. The van der Waals surface area contributed by atoms with Crippen molar-refractivity contribution in [2.45, 2.75) is 31.9 Å². The van der Waals surface area contributed by atoms with E-state index in [1.807, 2.05) is 12.2 Å². The van der Waals surface area contributed by atoms with Crippen LogP contribution < -0.4 is 19.7 Å². The fourth-order valence-corrected chi connectivity index (χ4v) is 2.67. The topological polar surface area (TPSA) is 50.8 Å². The maximum absolute atomic E-state index is 13.8. The van der Waals surface area contributed by atoms with Crippen LogP contribution in [-0.4, -0.2) is 24.7 Å². The maximum atomic E-state index is 13.8. The largest absolute Gasteiger partial charge is 0.492 e. The molecule has 0 radical (unpaired) electrons. The fourth-order valence-electron chi connectivity index (χ4n) is 2.67. The zero-order chi connectivity index (χ0) is 19.5. The molecule has 0 atom stereocenters. The van der Waals surface area contributed by atoms with Gasteiger partial charge in [0.2, 0.25) is 0 Å². The highest BCUT2D eigenvalue weighted by Crippen LogP contribution is 2.45. The molecule has 144 valence electrons. The van der Waals surface area contributed by atoms with Crippen molar-refractivity contribution >= 4 is 11.7 Å². The van der Waals surface area contributed by atoms with E-state index in [4.69, 9.17) is 9.47 Å². The Hall–Kier alpha value is -2.90. The number of benzene rings is 2. The van der Waals surface area contributed by atoms with Gasteiger partial charge in [-0.3, -0.25) is 10.2 Å². The summed E-state index contributed by atoms with van der Waals surface area (Å²) in [7, 11) is 0. The molecule has 1 heterocycles. The molecule has 0 saturated carbocycles. The Balaban J connectivity index is 1.88. The molecule has 27 heavy (non-hydrogen) atoms. The average Bonchev–Trinajstić information content (AvgIpc) is 3.02. The van der Waals surface area contributed by atoms with Gasteiger partial charge in [-0.1, -0.05) is 43.7 Å². The van der Waals surface area contributed by atoms with Crippen molar-refractivity contribution in [3.05, 3.63) is 54.6 Å². The number of carbonyl (C=O) groups is 1. The summed E-state index contributed by atoms with van der Waals surface area (Å²) in [6, 6.07) is 13.3. The highest BCUT2D eigenvalue weighted by Gasteiger charge is 2.66. The predicted molar refractivity (Wildman–Crippen MR) is 93.7 cm³/mol. The normalized spacial score (nSPS) is 14.7. The van der Waals surface area contributed by atoms with Crippen LogP contribution in [-0.2, 0) is 0 Å². The van der Waals surface area contributed by atoms with Crippen LogP contribution in [0.25, 0.3) is 0 Å². The Morgan fingerprint density at radius 3 is 2.11 bits per heavy atom. The molecule has 1 aliphatic rings. The minimum absolute atomic E-state index is 0.0880. The molecular weight excluding hydrogens is 361 g/mol. The number of nitrogens with zero attached hydrogens (tertiary/aromatic N) is 1. The summed E-state index contributed by atoms with van der Waals surface area (Å²) in [4.78, 5) is 14.0. The van der Waals surface area contributed by atoms with Crippen LogP contribution in [0, 0.1) is 0 Å². The number of amides is 2. The fraction of sp³-hybridized carbons (Fsp3) is 0.316. The molecule has 0 bridgehead atoms. The Bertz CT molecular complexity index is 771. The van der Waals surface area contributed by atoms with E-state index < -0.39 is 18.1 Å². The van der Waals surface area contributed by atoms with Crippen LogP contribution in [0.2, 0.25) is 0 Å². The number of nitrogens with one attached hydrogen (secondary N) is 1. The molecule has 8 heteroatoms. The van der Waals surface area contributed by atoms with E-state index >= 15 is 0 Å². The van der Waals surface area contributed by atoms with Crippen LogP contribution in [0.5, 0.6) is 11.5 Å². The minimum atomic E-state index is -4.99. The lowest BCUT2D eigenvalue weighted by Gasteiger charge is -2.32. The summed E-state index contributed by atoms with van der Waals surface area (Å²) in [5, 5.41) is 1.90. The number of urea groups is 1. The van der Waals surface area contributed by atoms with Crippen molar-refractivity contribution in [1.29, 1.82) is 0 Å². The van der Waals surface area contributed by atoms with Gasteiger partial charge in [-0.05, 0) is 30.7 Å². The van der Waals surface area contributed by atoms with Crippen molar-refractivity contribution in [1.82, 2.24) is 5.32 Å². The average molecular weight is 380 g/mol. The van der Waals surface area contributed by atoms with E-state index in [1.165, 1.54) is 29.2 Å². The molecule has 0 fully saturated rings. The van der Waals surface area contributed by atoms with Crippen molar-refractivity contribution < 1.29 is 27.4 Å². The van der Waals surface area contributed by atoms with Crippen molar-refractivity contribution in [3.63, 3.8) is 0 Å². The second-order valence-electron chi connectivity index (χ2n) is 6.04. The standard InChI is InChI=1S/C19H19F3N2O3/c1-2-3-13-24(14-9-5-4-6-10-14)17(25)23-19(18(20,21)22)26-15-11-7-8-12-16(15)27-19/h4-12H,2-3,13H2,1H3,(H,23,25). The van der Waals surface area contributed by atoms with Gasteiger partial charge in [0.1, 0.15) is 0 Å². The minimum Gasteiger partial charge on any atom is -0.424 e. The van der Waals surface area contributed by atoms with E-state index in [2.05, 4.69) is 0 Å². The van der Waals surface area contributed by atoms with Gasteiger partial charge in [-0.2, -0.15) is 13.2 Å². The number of fused-ring (bicyclic) bond motifs is 1. The van der Waals surface area contributed by atoms with E-state index in [0.717, 1.165) is 6.42 Å². The second kappa shape index (κ2) is 7.38. The first-order valence-electron chi connectivity index (χ1n) is 8.55. The summed E-state index contributed by atoms with van der Waals surface area (Å²) in [5.74, 6) is -3.45. The van der Waals surface area contributed by atoms with E-state index in [-0.39, 0.29) is 18.0 Å². The second-order valence-corrected chi connectivity index (χ2v) is 6.04. The number of hydrogen-bond donors (Lipinski definition) is 1. The van der Waals surface area contributed by atoms with Crippen LogP contribution in [0.3, 0.4) is 0 Å². The molecule has 1 N–H and O–H groups in total. The van der Waals surface area contributed by atoms with Crippen molar-refractivity contribution in [2.75, 3.05) is 11.4 Å². The first-order chi connectivity index (χ1) is 12.9. The molecule has 0 aromatic heterocycles. The zero-order valence-corrected chi connectivity index (χ0v) is 14.6. The van der Waals surface area contributed by atoms with E-state index in [9.17, 15) is 18.0 Å². The molecule has 0 unspecified atom stereocenters. The maximum Gasteiger partial charge on any atom is 0.492 e. The summed E-state index contributed by atoms with van der Waals surface area (Å²) < 4.78 is 51.4. The third kappa shape index (κ3) is 3.79. The zero-order valence-electron chi connectivity index (χ0n) is 14.6. The summed E-state index contributed by atoms with van der Waals surface area (Å²) in [5.41, 5.74) is 0.483. The molecule has 5 nitrogen and oxygen atoms in total. The Morgan fingerprint density at radius 1 is 1.04 bits per heavy atom. The number of rotatable bonds is 5. The lowest BCUT2D eigenvalue weighted by atomic mass is 10.2.